The van der Waals surface area contributed by atoms with Gasteiger partial charge in [0, 0.05) is 17.7 Å². The van der Waals surface area contributed by atoms with E-state index in [1.54, 1.807) is 13.2 Å². The Morgan fingerprint density at radius 1 is 1.07 bits per heavy atom. The molecule has 0 atom stereocenters. The molecule has 1 heterocycles. The molecular formula is C24H28N2O4. The zero-order valence-electron chi connectivity index (χ0n) is 17.7. The van der Waals surface area contributed by atoms with E-state index >= 15 is 0 Å². The van der Waals surface area contributed by atoms with Gasteiger partial charge in [-0.2, -0.15) is 5.10 Å². The van der Waals surface area contributed by atoms with Gasteiger partial charge in [-0.15, -0.1) is 0 Å². The standard InChI is InChI=1S/C24H28N2O4/c1-4-6-13-26-21(18-9-7-8-10-22(18)29-3)16-20(25-26)19-14-17(15-24(27)28)11-12-23(19)30-5-2/h7-12,14,16H,4-6,13,15H2,1-3H3,(H,27,28). The maximum atomic E-state index is 11.2. The molecule has 2 aromatic carbocycles. The van der Waals surface area contributed by atoms with Crippen LogP contribution in [0.4, 0.5) is 0 Å². The number of aromatic nitrogens is 2. The fraction of sp³-hybridized carbons (Fsp3) is 0.333. The number of rotatable bonds is 10. The molecule has 0 bridgehead atoms. The third-order valence-electron chi connectivity index (χ3n) is 4.86. The molecule has 0 aliphatic heterocycles. The second kappa shape index (κ2) is 9.96. The summed E-state index contributed by atoms with van der Waals surface area (Å²) in [5.74, 6) is 0.609. The fourth-order valence-corrected chi connectivity index (χ4v) is 3.44. The first-order valence-corrected chi connectivity index (χ1v) is 10.3. The summed E-state index contributed by atoms with van der Waals surface area (Å²) in [5, 5.41) is 14.1. The number of carbonyl (C=O) groups is 1. The van der Waals surface area contributed by atoms with Crippen LogP contribution in [0.25, 0.3) is 22.5 Å². The highest BCUT2D eigenvalue weighted by Gasteiger charge is 2.18. The molecule has 3 rings (SSSR count). The Labute approximate surface area is 177 Å². The Hall–Kier alpha value is -3.28. The molecular weight excluding hydrogens is 380 g/mol. The quantitative estimate of drug-likeness (QED) is 0.508. The number of aryl methyl sites for hydroxylation is 1. The molecule has 0 aliphatic carbocycles. The van der Waals surface area contributed by atoms with Gasteiger partial charge in [-0.05, 0) is 49.2 Å². The van der Waals surface area contributed by atoms with Crippen LogP contribution in [0.5, 0.6) is 11.5 Å². The van der Waals surface area contributed by atoms with E-state index in [2.05, 4.69) is 6.92 Å². The lowest BCUT2D eigenvalue weighted by atomic mass is 10.0. The summed E-state index contributed by atoms with van der Waals surface area (Å²) in [6, 6.07) is 15.4. The zero-order chi connectivity index (χ0) is 21.5. The first-order chi connectivity index (χ1) is 14.6. The minimum absolute atomic E-state index is 0.0463. The molecule has 1 N–H and O–H groups in total. The van der Waals surface area contributed by atoms with Gasteiger partial charge in [0.15, 0.2) is 0 Å². The highest BCUT2D eigenvalue weighted by molar-refractivity contribution is 5.77. The number of aliphatic carboxylic acids is 1. The number of carboxylic acid groups (broad SMARTS) is 1. The molecule has 6 nitrogen and oxygen atoms in total. The number of carboxylic acids is 1. The molecule has 0 fully saturated rings. The van der Waals surface area contributed by atoms with Crippen LogP contribution in [0.15, 0.2) is 48.5 Å². The van der Waals surface area contributed by atoms with Crippen molar-refractivity contribution in [2.24, 2.45) is 0 Å². The average Bonchev–Trinajstić information content (AvgIpc) is 3.16. The summed E-state index contributed by atoms with van der Waals surface area (Å²) < 4.78 is 13.4. The third kappa shape index (κ3) is 4.82. The van der Waals surface area contributed by atoms with Gasteiger partial charge >= 0.3 is 5.97 Å². The Bertz CT molecular complexity index is 1010. The molecule has 0 radical (unpaired) electrons. The number of hydrogen-bond donors (Lipinski definition) is 1. The van der Waals surface area contributed by atoms with E-state index < -0.39 is 5.97 Å². The summed E-state index contributed by atoms with van der Waals surface area (Å²) >= 11 is 0. The predicted molar refractivity (Wildman–Crippen MR) is 117 cm³/mol. The summed E-state index contributed by atoms with van der Waals surface area (Å²) in [4.78, 5) is 11.2. The van der Waals surface area contributed by atoms with Gasteiger partial charge in [-0.1, -0.05) is 31.5 Å². The maximum absolute atomic E-state index is 11.2. The van der Waals surface area contributed by atoms with Gasteiger partial charge < -0.3 is 14.6 Å². The van der Waals surface area contributed by atoms with E-state index in [1.807, 2.05) is 54.1 Å². The number of methoxy groups -OCH3 is 1. The first-order valence-electron chi connectivity index (χ1n) is 10.3. The maximum Gasteiger partial charge on any atom is 0.307 e. The number of para-hydroxylation sites is 1. The Kier molecular flexibility index (Phi) is 7.12. The minimum Gasteiger partial charge on any atom is -0.496 e. The van der Waals surface area contributed by atoms with E-state index in [1.165, 1.54) is 0 Å². The first kappa shape index (κ1) is 21.4. The lowest BCUT2D eigenvalue weighted by molar-refractivity contribution is -0.136. The largest absolute Gasteiger partial charge is 0.496 e. The highest BCUT2D eigenvalue weighted by atomic mass is 16.5. The van der Waals surface area contributed by atoms with Crippen molar-refractivity contribution in [1.29, 1.82) is 0 Å². The van der Waals surface area contributed by atoms with Crippen molar-refractivity contribution in [3.8, 4) is 34.0 Å². The molecule has 3 aromatic rings. The highest BCUT2D eigenvalue weighted by Crippen LogP contribution is 2.36. The van der Waals surface area contributed by atoms with Gasteiger partial charge in [-0.3, -0.25) is 9.48 Å². The number of nitrogens with zero attached hydrogens (tertiary/aromatic N) is 2. The molecule has 0 amide bonds. The number of benzene rings is 2. The average molecular weight is 408 g/mol. The van der Waals surface area contributed by atoms with Crippen LogP contribution < -0.4 is 9.47 Å². The van der Waals surface area contributed by atoms with Crippen LogP contribution >= 0.6 is 0 Å². The van der Waals surface area contributed by atoms with Crippen molar-refractivity contribution < 1.29 is 19.4 Å². The van der Waals surface area contributed by atoms with Crippen molar-refractivity contribution in [3.05, 3.63) is 54.1 Å². The van der Waals surface area contributed by atoms with Crippen LogP contribution in [0, 0.1) is 0 Å². The SMILES string of the molecule is CCCCn1nc(-c2cc(CC(=O)O)ccc2OCC)cc1-c1ccccc1OC. The zero-order valence-corrected chi connectivity index (χ0v) is 17.7. The van der Waals surface area contributed by atoms with Gasteiger partial charge in [0.25, 0.3) is 0 Å². The van der Waals surface area contributed by atoms with Crippen LogP contribution in [0.2, 0.25) is 0 Å². The second-order valence-corrected chi connectivity index (χ2v) is 7.03. The Morgan fingerprint density at radius 3 is 2.57 bits per heavy atom. The number of ether oxygens (including phenoxy) is 2. The van der Waals surface area contributed by atoms with E-state index in [9.17, 15) is 9.90 Å². The Morgan fingerprint density at radius 2 is 1.87 bits per heavy atom. The molecule has 6 heteroatoms. The van der Waals surface area contributed by atoms with Gasteiger partial charge in [0.05, 0.1) is 31.5 Å². The van der Waals surface area contributed by atoms with Crippen LogP contribution in [0.3, 0.4) is 0 Å². The number of hydrogen-bond acceptors (Lipinski definition) is 4. The predicted octanol–water partition coefficient (Wildman–Crippen LogP) is 5.05. The smallest absolute Gasteiger partial charge is 0.307 e. The third-order valence-corrected chi connectivity index (χ3v) is 4.86. The second-order valence-electron chi connectivity index (χ2n) is 7.03. The molecule has 0 aliphatic rings. The van der Waals surface area contributed by atoms with Gasteiger partial charge in [0.1, 0.15) is 11.5 Å². The van der Waals surface area contributed by atoms with Crippen molar-refractivity contribution in [1.82, 2.24) is 9.78 Å². The van der Waals surface area contributed by atoms with Crippen LogP contribution in [-0.4, -0.2) is 34.6 Å². The molecule has 30 heavy (non-hydrogen) atoms. The molecule has 0 unspecified atom stereocenters. The van der Waals surface area contributed by atoms with E-state index in [4.69, 9.17) is 14.6 Å². The number of unbranched alkanes of at least 4 members (excludes halogenated alkanes) is 1. The van der Waals surface area contributed by atoms with E-state index in [0.717, 1.165) is 47.7 Å². The fourth-order valence-electron chi connectivity index (χ4n) is 3.44. The van der Waals surface area contributed by atoms with Crippen molar-refractivity contribution in [2.75, 3.05) is 13.7 Å². The van der Waals surface area contributed by atoms with Crippen molar-refractivity contribution in [2.45, 2.75) is 39.7 Å². The van der Waals surface area contributed by atoms with Crippen LogP contribution in [0.1, 0.15) is 32.3 Å². The molecule has 158 valence electrons. The summed E-state index contributed by atoms with van der Waals surface area (Å²) in [6.45, 7) is 5.37. The Balaban J connectivity index is 2.14. The van der Waals surface area contributed by atoms with E-state index in [-0.39, 0.29) is 6.42 Å². The normalized spacial score (nSPS) is 10.8. The van der Waals surface area contributed by atoms with Crippen molar-refractivity contribution in [3.63, 3.8) is 0 Å². The lowest BCUT2D eigenvalue weighted by Crippen LogP contribution is -2.04. The summed E-state index contributed by atoms with van der Waals surface area (Å²) in [6.07, 6.45) is 2.01. The molecule has 0 saturated carbocycles. The topological polar surface area (TPSA) is 73.6 Å². The summed E-state index contributed by atoms with van der Waals surface area (Å²) in [7, 11) is 1.66. The van der Waals surface area contributed by atoms with Gasteiger partial charge in [0.2, 0.25) is 0 Å². The summed E-state index contributed by atoms with van der Waals surface area (Å²) in [5.41, 5.74) is 4.18. The monoisotopic (exact) mass is 408 g/mol. The van der Waals surface area contributed by atoms with Gasteiger partial charge in [-0.25, -0.2) is 0 Å². The van der Waals surface area contributed by atoms with E-state index in [0.29, 0.717) is 17.9 Å². The molecule has 1 aromatic heterocycles. The molecule has 0 spiro atoms. The van der Waals surface area contributed by atoms with Crippen molar-refractivity contribution >= 4 is 5.97 Å². The minimum atomic E-state index is -0.867. The molecule has 0 saturated heterocycles. The lowest BCUT2D eigenvalue weighted by Gasteiger charge is -2.10. The van der Waals surface area contributed by atoms with Crippen LogP contribution in [-0.2, 0) is 17.8 Å².